The van der Waals surface area contributed by atoms with E-state index < -0.39 is 34.2 Å². The smallest absolute Gasteiger partial charge is 0.237 e. The first-order valence-electron chi connectivity index (χ1n) is 3.92. The monoisotopic (exact) mass is 273 g/mol. The van der Waals surface area contributed by atoms with Gasteiger partial charge in [0.15, 0.2) is 0 Å². The number of benzene rings is 1. The molecule has 0 N–H and O–H groups in total. The zero-order valence-corrected chi connectivity index (χ0v) is 8.50. The highest BCUT2D eigenvalue weighted by atomic mass is 35.5. The lowest BCUT2D eigenvalue weighted by molar-refractivity contribution is -0.142. The summed E-state index contributed by atoms with van der Waals surface area (Å²) in [5, 5.41) is -1.03. The molecule has 0 bridgehead atoms. The number of alkyl halides is 6. The van der Waals surface area contributed by atoms with Crippen LogP contribution in [-0.4, -0.2) is 0 Å². The summed E-state index contributed by atoms with van der Waals surface area (Å²) in [4.78, 5) is 2.54. The quantitative estimate of drug-likeness (QED) is 0.466. The summed E-state index contributed by atoms with van der Waals surface area (Å²) in [6.45, 7) is 6.49. The first-order valence-corrected chi connectivity index (χ1v) is 4.30. The third kappa shape index (κ3) is 2.82. The molecule has 0 amide bonds. The SMILES string of the molecule is [C-]#[N+]c1cc(C(F)(F)F)cc(C(F)(F)F)c1Cl. The number of rotatable bonds is 0. The van der Waals surface area contributed by atoms with Crippen molar-refractivity contribution < 1.29 is 26.3 Å². The molecular formula is C9H2ClF6N. The highest BCUT2D eigenvalue weighted by Gasteiger charge is 2.39. The van der Waals surface area contributed by atoms with Crippen LogP contribution in [0.15, 0.2) is 12.1 Å². The largest absolute Gasteiger partial charge is 0.416 e. The molecule has 17 heavy (non-hydrogen) atoms. The van der Waals surface area contributed by atoms with Crippen LogP contribution in [0.2, 0.25) is 5.02 Å². The van der Waals surface area contributed by atoms with E-state index in [1.165, 1.54) is 0 Å². The Labute approximate surface area is 96.4 Å². The van der Waals surface area contributed by atoms with Crippen molar-refractivity contribution in [2.24, 2.45) is 0 Å². The third-order valence-corrected chi connectivity index (χ3v) is 2.20. The van der Waals surface area contributed by atoms with Crippen LogP contribution in [-0.2, 0) is 12.4 Å². The highest BCUT2D eigenvalue weighted by molar-refractivity contribution is 6.34. The van der Waals surface area contributed by atoms with E-state index in [-0.39, 0.29) is 12.1 Å². The minimum atomic E-state index is -5.04. The summed E-state index contributed by atoms with van der Waals surface area (Å²) in [6.07, 6.45) is -10.0. The van der Waals surface area contributed by atoms with E-state index in [1.807, 2.05) is 0 Å². The third-order valence-electron chi connectivity index (χ3n) is 1.81. The van der Waals surface area contributed by atoms with Gasteiger partial charge in [-0.15, -0.1) is 0 Å². The van der Waals surface area contributed by atoms with Gasteiger partial charge in [-0.25, -0.2) is 4.85 Å². The first-order chi connectivity index (χ1) is 7.57. The molecular weight excluding hydrogens is 272 g/mol. The van der Waals surface area contributed by atoms with Crippen molar-refractivity contribution in [1.29, 1.82) is 0 Å². The van der Waals surface area contributed by atoms with Crippen molar-refractivity contribution in [1.82, 2.24) is 0 Å². The Kier molecular flexibility index (Phi) is 3.30. The average molecular weight is 274 g/mol. The zero-order valence-electron chi connectivity index (χ0n) is 7.75. The van der Waals surface area contributed by atoms with Crippen LogP contribution in [0.5, 0.6) is 0 Å². The second-order valence-electron chi connectivity index (χ2n) is 2.96. The lowest BCUT2D eigenvalue weighted by atomic mass is 10.1. The van der Waals surface area contributed by atoms with E-state index in [1.54, 1.807) is 0 Å². The van der Waals surface area contributed by atoms with Crippen LogP contribution in [0.1, 0.15) is 11.1 Å². The van der Waals surface area contributed by atoms with Crippen molar-refractivity contribution in [3.63, 3.8) is 0 Å². The lowest BCUT2D eigenvalue weighted by Gasteiger charge is -2.14. The van der Waals surface area contributed by atoms with E-state index in [0.29, 0.717) is 0 Å². The van der Waals surface area contributed by atoms with Crippen molar-refractivity contribution in [3.8, 4) is 0 Å². The summed E-state index contributed by atoms with van der Waals surface area (Å²) < 4.78 is 74.0. The maximum atomic E-state index is 12.4. The van der Waals surface area contributed by atoms with Crippen LogP contribution in [0.4, 0.5) is 32.0 Å². The molecule has 0 saturated carbocycles. The van der Waals surface area contributed by atoms with Gasteiger partial charge in [-0.3, -0.25) is 0 Å². The van der Waals surface area contributed by atoms with Gasteiger partial charge in [0.2, 0.25) is 5.69 Å². The highest BCUT2D eigenvalue weighted by Crippen LogP contribution is 2.43. The Morgan fingerprint density at radius 3 is 1.88 bits per heavy atom. The van der Waals surface area contributed by atoms with Gasteiger partial charge >= 0.3 is 12.4 Å². The molecule has 8 heteroatoms. The Bertz CT molecular complexity index is 482. The summed E-state index contributed by atoms with van der Waals surface area (Å²) in [5.74, 6) is 0. The van der Waals surface area contributed by atoms with E-state index in [0.717, 1.165) is 0 Å². The van der Waals surface area contributed by atoms with Crippen molar-refractivity contribution in [3.05, 3.63) is 39.7 Å². The molecule has 0 fully saturated rings. The minimum absolute atomic E-state index is 0.114. The molecule has 0 radical (unpaired) electrons. The topological polar surface area (TPSA) is 4.36 Å². The standard InChI is InChI=1S/C9H2ClF6N/c1-17-6-3-4(8(11,12)13)2-5(7(6)10)9(14,15)16/h2-3H. The van der Waals surface area contributed by atoms with Gasteiger partial charge in [0.1, 0.15) is 0 Å². The number of hydrogen-bond acceptors (Lipinski definition) is 0. The predicted molar refractivity (Wildman–Crippen MR) is 47.7 cm³/mol. The molecule has 92 valence electrons. The van der Waals surface area contributed by atoms with E-state index in [2.05, 4.69) is 4.85 Å². The van der Waals surface area contributed by atoms with Gasteiger partial charge in [-0.05, 0) is 12.1 Å². The number of nitrogens with zero attached hydrogens (tertiary/aromatic N) is 1. The van der Waals surface area contributed by atoms with Crippen LogP contribution >= 0.6 is 11.6 Å². The average Bonchev–Trinajstić information content (AvgIpc) is 2.14. The molecule has 1 rings (SSSR count). The van der Waals surface area contributed by atoms with Crippen molar-refractivity contribution in [2.75, 3.05) is 0 Å². The minimum Gasteiger partial charge on any atom is -0.237 e. The summed E-state index contributed by atoms with van der Waals surface area (Å²) in [7, 11) is 0. The molecule has 0 aliphatic heterocycles. The van der Waals surface area contributed by atoms with Crippen LogP contribution in [0, 0.1) is 6.57 Å². The zero-order chi connectivity index (χ0) is 13.4. The fraction of sp³-hybridized carbons (Fsp3) is 0.222. The molecule has 0 aliphatic rings. The Morgan fingerprint density at radius 2 is 1.53 bits per heavy atom. The second kappa shape index (κ2) is 4.11. The van der Waals surface area contributed by atoms with Crippen molar-refractivity contribution in [2.45, 2.75) is 12.4 Å². The van der Waals surface area contributed by atoms with Crippen LogP contribution in [0.25, 0.3) is 4.85 Å². The van der Waals surface area contributed by atoms with Gasteiger partial charge < -0.3 is 0 Å². The van der Waals surface area contributed by atoms with E-state index >= 15 is 0 Å². The summed E-state index contributed by atoms with van der Waals surface area (Å²) in [6, 6.07) is 0.168. The van der Waals surface area contributed by atoms with Gasteiger partial charge in [-0.1, -0.05) is 11.6 Å². The lowest BCUT2D eigenvalue weighted by Crippen LogP contribution is -2.11. The van der Waals surface area contributed by atoms with Gasteiger partial charge in [-0.2, -0.15) is 26.3 Å². The fourth-order valence-corrected chi connectivity index (χ4v) is 1.32. The molecule has 0 saturated heterocycles. The molecule has 1 aromatic carbocycles. The van der Waals surface area contributed by atoms with E-state index in [9.17, 15) is 26.3 Å². The summed E-state index contributed by atoms with van der Waals surface area (Å²) >= 11 is 5.21. The molecule has 0 atom stereocenters. The number of hydrogen-bond donors (Lipinski definition) is 0. The molecule has 0 aromatic heterocycles. The molecule has 1 nitrogen and oxygen atoms in total. The van der Waals surface area contributed by atoms with Crippen LogP contribution < -0.4 is 0 Å². The first kappa shape index (κ1) is 13.6. The normalized spacial score (nSPS) is 12.4. The molecule has 0 unspecified atom stereocenters. The van der Waals surface area contributed by atoms with Gasteiger partial charge in [0, 0.05) is 5.56 Å². The maximum Gasteiger partial charge on any atom is 0.416 e. The fourth-order valence-electron chi connectivity index (χ4n) is 1.06. The molecule has 1 aromatic rings. The number of halogens is 7. The second-order valence-corrected chi connectivity index (χ2v) is 3.34. The van der Waals surface area contributed by atoms with Crippen LogP contribution in [0.3, 0.4) is 0 Å². The van der Waals surface area contributed by atoms with E-state index in [4.69, 9.17) is 18.2 Å². The molecule has 0 spiro atoms. The molecule has 0 aliphatic carbocycles. The maximum absolute atomic E-state index is 12.4. The van der Waals surface area contributed by atoms with Crippen molar-refractivity contribution >= 4 is 17.3 Å². The molecule has 0 heterocycles. The van der Waals surface area contributed by atoms with Gasteiger partial charge in [0.05, 0.1) is 17.2 Å². The predicted octanol–water partition coefficient (Wildman–Crippen LogP) is 4.93. The van der Waals surface area contributed by atoms with Gasteiger partial charge in [0.25, 0.3) is 0 Å². The summed E-state index contributed by atoms with van der Waals surface area (Å²) in [5.41, 5.74) is -4.10. The Morgan fingerprint density at radius 1 is 1.00 bits per heavy atom. The Balaban J connectivity index is 3.58. The Hall–Kier alpha value is -1.42.